The number of aromatic nitrogens is 1. The van der Waals surface area contributed by atoms with Gasteiger partial charge >= 0.3 is 6.09 Å². The van der Waals surface area contributed by atoms with Gasteiger partial charge in [-0.15, -0.1) is 0 Å². The zero-order chi connectivity index (χ0) is 18.0. The van der Waals surface area contributed by atoms with E-state index >= 15 is 0 Å². The van der Waals surface area contributed by atoms with Crippen LogP contribution in [-0.4, -0.2) is 17.7 Å². The van der Waals surface area contributed by atoms with Gasteiger partial charge < -0.3 is 9.72 Å². The maximum atomic E-state index is 13.9. The summed E-state index contributed by atoms with van der Waals surface area (Å²) in [6, 6.07) is 10.1. The first-order valence-electron chi connectivity index (χ1n) is 7.55. The molecule has 2 N–H and O–H groups in total. The van der Waals surface area contributed by atoms with Crippen molar-refractivity contribution in [2.45, 2.75) is 6.92 Å². The molecule has 128 valence electrons. The topological polar surface area (TPSA) is 71.2 Å². The lowest BCUT2D eigenvalue weighted by atomic mass is 10.1. The molecular weight excluding hydrogens is 330 g/mol. The zero-order valence-electron chi connectivity index (χ0n) is 13.2. The van der Waals surface area contributed by atoms with Crippen molar-refractivity contribution in [1.82, 2.24) is 4.98 Å². The fraction of sp³-hybridized carbons (Fsp3) is 0.111. The van der Waals surface area contributed by atoms with Gasteiger partial charge in [0.25, 0.3) is 0 Å². The average molecular weight is 344 g/mol. The smallest absolute Gasteiger partial charge is 0.411 e. The molecule has 0 fully saturated rings. The predicted octanol–water partition coefficient (Wildman–Crippen LogP) is 4.04. The number of H-pyrrole nitrogens is 1. The van der Waals surface area contributed by atoms with E-state index in [4.69, 9.17) is 4.74 Å². The molecule has 0 radical (unpaired) electrons. The standard InChI is InChI=1S/C18H14F2N2O3/c1-2-25-18(24)22-12-6-4-3-5-10(12)14-9-15(23)16-13(21-14)8-7-11(19)17(16)20/h3-9H,2H2,1H3,(H,21,23)(H,22,24). The van der Waals surface area contributed by atoms with E-state index in [-0.39, 0.29) is 17.5 Å². The number of benzene rings is 2. The van der Waals surface area contributed by atoms with Crippen LogP contribution in [0.4, 0.5) is 19.3 Å². The molecule has 25 heavy (non-hydrogen) atoms. The van der Waals surface area contributed by atoms with Crippen LogP contribution in [0.1, 0.15) is 6.92 Å². The molecule has 3 aromatic rings. The van der Waals surface area contributed by atoms with Gasteiger partial charge in [0.15, 0.2) is 17.1 Å². The number of pyridine rings is 1. The van der Waals surface area contributed by atoms with E-state index in [2.05, 4.69) is 10.3 Å². The van der Waals surface area contributed by atoms with Crippen molar-refractivity contribution >= 4 is 22.7 Å². The van der Waals surface area contributed by atoms with E-state index < -0.39 is 23.2 Å². The second-order valence-corrected chi connectivity index (χ2v) is 5.22. The van der Waals surface area contributed by atoms with Gasteiger partial charge in [0.2, 0.25) is 0 Å². The number of aromatic amines is 1. The summed E-state index contributed by atoms with van der Waals surface area (Å²) >= 11 is 0. The molecule has 2 aromatic carbocycles. The minimum atomic E-state index is -1.19. The first-order chi connectivity index (χ1) is 12.0. The number of halogens is 2. The first kappa shape index (κ1) is 16.6. The minimum absolute atomic E-state index is 0.160. The summed E-state index contributed by atoms with van der Waals surface area (Å²) in [6.07, 6.45) is -0.633. The average Bonchev–Trinajstić information content (AvgIpc) is 2.58. The molecule has 0 saturated carbocycles. The van der Waals surface area contributed by atoms with Crippen molar-refractivity contribution in [3.05, 3.63) is 64.3 Å². The highest BCUT2D eigenvalue weighted by Crippen LogP contribution is 2.27. The molecule has 0 unspecified atom stereocenters. The highest BCUT2D eigenvalue weighted by Gasteiger charge is 2.14. The van der Waals surface area contributed by atoms with E-state index in [0.717, 1.165) is 12.1 Å². The fourth-order valence-corrected chi connectivity index (χ4v) is 2.53. The number of amides is 1. The first-order valence-corrected chi connectivity index (χ1v) is 7.55. The molecule has 0 bridgehead atoms. The van der Waals surface area contributed by atoms with Gasteiger partial charge in [-0.3, -0.25) is 10.1 Å². The van der Waals surface area contributed by atoms with E-state index in [0.29, 0.717) is 16.9 Å². The number of carbonyl (C=O) groups excluding carboxylic acids is 1. The summed E-state index contributed by atoms with van der Waals surface area (Å²) in [5, 5.41) is 2.23. The summed E-state index contributed by atoms with van der Waals surface area (Å²) in [7, 11) is 0. The molecule has 0 saturated heterocycles. The summed E-state index contributed by atoms with van der Waals surface area (Å²) in [5.74, 6) is -2.28. The third-order valence-corrected chi connectivity index (χ3v) is 3.62. The van der Waals surface area contributed by atoms with Crippen LogP contribution in [0.15, 0.2) is 47.3 Å². The van der Waals surface area contributed by atoms with Crippen molar-refractivity contribution in [2.24, 2.45) is 0 Å². The molecule has 3 rings (SSSR count). The van der Waals surface area contributed by atoms with Crippen LogP contribution in [0.25, 0.3) is 22.2 Å². The number of carbonyl (C=O) groups is 1. The molecule has 1 heterocycles. The van der Waals surface area contributed by atoms with Crippen molar-refractivity contribution < 1.29 is 18.3 Å². The van der Waals surface area contributed by atoms with Gasteiger partial charge in [-0.05, 0) is 25.1 Å². The molecular formula is C18H14F2N2O3. The second-order valence-electron chi connectivity index (χ2n) is 5.22. The Hall–Kier alpha value is -3.22. The molecule has 0 aliphatic rings. The van der Waals surface area contributed by atoms with E-state index in [9.17, 15) is 18.4 Å². The summed E-state index contributed by atoms with van der Waals surface area (Å²) in [6.45, 7) is 1.89. The summed E-state index contributed by atoms with van der Waals surface area (Å²) in [5.41, 5.74) is 0.785. The predicted molar refractivity (Wildman–Crippen MR) is 90.6 cm³/mol. The largest absolute Gasteiger partial charge is 0.450 e. The Balaban J connectivity index is 2.13. The molecule has 1 amide bonds. The number of hydrogen-bond acceptors (Lipinski definition) is 3. The van der Waals surface area contributed by atoms with Crippen LogP contribution in [0, 0.1) is 11.6 Å². The molecule has 0 atom stereocenters. The Labute approximate surface area is 141 Å². The van der Waals surface area contributed by atoms with Crippen molar-refractivity contribution in [3.63, 3.8) is 0 Å². The minimum Gasteiger partial charge on any atom is -0.450 e. The van der Waals surface area contributed by atoms with E-state index in [1.54, 1.807) is 31.2 Å². The van der Waals surface area contributed by atoms with Crippen LogP contribution in [0.5, 0.6) is 0 Å². The van der Waals surface area contributed by atoms with Gasteiger partial charge in [-0.25, -0.2) is 13.6 Å². The van der Waals surface area contributed by atoms with E-state index in [1.165, 1.54) is 6.07 Å². The number of rotatable bonds is 3. The second kappa shape index (κ2) is 6.72. The number of nitrogens with one attached hydrogen (secondary N) is 2. The number of para-hydroxylation sites is 1. The fourth-order valence-electron chi connectivity index (χ4n) is 2.53. The van der Waals surface area contributed by atoms with Crippen LogP contribution < -0.4 is 10.7 Å². The quantitative estimate of drug-likeness (QED) is 0.753. The number of anilines is 1. The third-order valence-electron chi connectivity index (χ3n) is 3.62. The van der Waals surface area contributed by atoms with E-state index in [1.807, 2.05) is 0 Å². The summed E-state index contributed by atoms with van der Waals surface area (Å²) < 4.78 is 32.1. The number of ether oxygens (including phenoxy) is 1. The Kier molecular flexibility index (Phi) is 4.47. The van der Waals surface area contributed by atoms with Gasteiger partial charge in [-0.1, -0.05) is 18.2 Å². The number of fused-ring (bicyclic) bond motifs is 1. The highest BCUT2D eigenvalue weighted by molar-refractivity contribution is 5.92. The highest BCUT2D eigenvalue weighted by atomic mass is 19.2. The van der Waals surface area contributed by atoms with Gasteiger partial charge in [0, 0.05) is 11.6 Å². The SMILES string of the molecule is CCOC(=O)Nc1ccccc1-c1cc(=O)c2c(F)c(F)ccc2[nH]1. The maximum absolute atomic E-state index is 13.9. The lowest BCUT2D eigenvalue weighted by molar-refractivity contribution is 0.168. The van der Waals surface area contributed by atoms with Crippen LogP contribution in [-0.2, 0) is 4.74 Å². The maximum Gasteiger partial charge on any atom is 0.411 e. The third kappa shape index (κ3) is 3.21. The lowest BCUT2D eigenvalue weighted by Crippen LogP contribution is -2.14. The van der Waals surface area contributed by atoms with Crippen LogP contribution >= 0.6 is 0 Å². The van der Waals surface area contributed by atoms with Gasteiger partial charge in [-0.2, -0.15) is 0 Å². The van der Waals surface area contributed by atoms with Gasteiger partial charge in [0.05, 0.1) is 28.9 Å². The molecule has 1 aromatic heterocycles. The lowest BCUT2D eigenvalue weighted by Gasteiger charge is -2.12. The Morgan fingerprint density at radius 2 is 1.96 bits per heavy atom. The van der Waals surface area contributed by atoms with Crippen LogP contribution in [0.3, 0.4) is 0 Å². The normalized spacial score (nSPS) is 10.7. The molecule has 0 spiro atoms. The molecule has 7 heteroatoms. The van der Waals surface area contributed by atoms with Gasteiger partial charge in [0.1, 0.15) is 0 Å². The molecule has 0 aliphatic carbocycles. The van der Waals surface area contributed by atoms with Crippen LogP contribution in [0.2, 0.25) is 0 Å². The molecule has 0 aliphatic heterocycles. The zero-order valence-corrected chi connectivity index (χ0v) is 13.2. The van der Waals surface area contributed by atoms with Crippen molar-refractivity contribution in [3.8, 4) is 11.3 Å². The van der Waals surface area contributed by atoms with Crippen molar-refractivity contribution in [2.75, 3.05) is 11.9 Å². The summed E-state index contributed by atoms with van der Waals surface area (Å²) in [4.78, 5) is 26.8. The Morgan fingerprint density at radius 3 is 2.72 bits per heavy atom. The number of hydrogen-bond donors (Lipinski definition) is 2. The van der Waals surface area contributed by atoms with Crippen molar-refractivity contribution in [1.29, 1.82) is 0 Å². The molecule has 5 nitrogen and oxygen atoms in total. The Bertz CT molecular complexity index is 1010. The Morgan fingerprint density at radius 1 is 1.20 bits per heavy atom. The monoisotopic (exact) mass is 344 g/mol.